The highest BCUT2D eigenvalue weighted by Crippen LogP contribution is 2.14. The Morgan fingerprint density at radius 2 is 1.67 bits per heavy atom. The van der Waals surface area contributed by atoms with Crippen LogP contribution in [0, 0.1) is 0 Å². The van der Waals surface area contributed by atoms with Gasteiger partial charge in [-0.05, 0) is 49.1 Å². The van der Waals surface area contributed by atoms with E-state index in [4.69, 9.17) is 4.74 Å². The standard InChI is InChI=1S/C19H25NO/c1-3-20-18(12-9-16-7-5-4-6-8-16)15-17-10-13-19(21-2)14-11-17/h4-8,10-11,13-14,18,20H,3,9,12,15H2,1-2H3. The molecular formula is C19H25NO. The molecule has 0 amide bonds. The molecule has 21 heavy (non-hydrogen) atoms. The first kappa shape index (κ1) is 15.6. The van der Waals surface area contributed by atoms with Crippen LogP contribution in [0.25, 0.3) is 0 Å². The van der Waals surface area contributed by atoms with E-state index in [9.17, 15) is 0 Å². The number of rotatable bonds is 8. The number of nitrogens with one attached hydrogen (secondary N) is 1. The fraction of sp³-hybridized carbons (Fsp3) is 0.368. The van der Waals surface area contributed by atoms with Crippen LogP contribution in [-0.4, -0.2) is 19.7 Å². The van der Waals surface area contributed by atoms with E-state index in [1.165, 1.54) is 11.1 Å². The van der Waals surface area contributed by atoms with Gasteiger partial charge in [-0.15, -0.1) is 0 Å². The van der Waals surface area contributed by atoms with Gasteiger partial charge in [-0.3, -0.25) is 0 Å². The first-order valence-electron chi connectivity index (χ1n) is 7.72. The van der Waals surface area contributed by atoms with Crippen molar-refractivity contribution in [3.8, 4) is 5.75 Å². The minimum absolute atomic E-state index is 0.517. The fourth-order valence-corrected chi connectivity index (χ4v) is 2.60. The minimum Gasteiger partial charge on any atom is -0.497 e. The van der Waals surface area contributed by atoms with Gasteiger partial charge in [0.1, 0.15) is 5.75 Å². The molecule has 0 bridgehead atoms. The Bertz CT molecular complexity index is 507. The molecule has 2 nitrogen and oxygen atoms in total. The number of hydrogen-bond acceptors (Lipinski definition) is 2. The third kappa shape index (κ3) is 5.24. The van der Waals surface area contributed by atoms with Crippen LogP contribution in [0.3, 0.4) is 0 Å². The van der Waals surface area contributed by atoms with Crippen molar-refractivity contribution >= 4 is 0 Å². The Kier molecular flexibility index (Phi) is 6.29. The zero-order valence-corrected chi connectivity index (χ0v) is 13.0. The van der Waals surface area contributed by atoms with E-state index in [1.807, 2.05) is 12.1 Å². The molecule has 0 radical (unpaired) electrons. The fourth-order valence-electron chi connectivity index (χ4n) is 2.60. The molecule has 0 aliphatic heterocycles. The molecule has 0 fully saturated rings. The summed E-state index contributed by atoms with van der Waals surface area (Å²) < 4.78 is 5.21. The summed E-state index contributed by atoms with van der Waals surface area (Å²) in [5.41, 5.74) is 2.77. The van der Waals surface area contributed by atoms with Crippen LogP contribution in [0.5, 0.6) is 5.75 Å². The van der Waals surface area contributed by atoms with Crippen LogP contribution < -0.4 is 10.1 Å². The Balaban J connectivity index is 1.91. The van der Waals surface area contributed by atoms with Crippen molar-refractivity contribution in [2.45, 2.75) is 32.2 Å². The number of ether oxygens (including phenoxy) is 1. The molecule has 1 atom stereocenters. The van der Waals surface area contributed by atoms with E-state index in [1.54, 1.807) is 7.11 Å². The number of aryl methyl sites for hydroxylation is 1. The maximum Gasteiger partial charge on any atom is 0.118 e. The molecule has 2 aromatic carbocycles. The van der Waals surface area contributed by atoms with Gasteiger partial charge in [0.15, 0.2) is 0 Å². The molecule has 0 heterocycles. The highest BCUT2D eigenvalue weighted by molar-refractivity contribution is 5.27. The summed E-state index contributed by atoms with van der Waals surface area (Å²) in [6, 6.07) is 19.6. The van der Waals surface area contributed by atoms with E-state index >= 15 is 0 Å². The van der Waals surface area contributed by atoms with Crippen molar-refractivity contribution in [2.75, 3.05) is 13.7 Å². The van der Waals surface area contributed by atoms with Crippen molar-refractivity contribution in [1.82, 2.24) is 5.32 Å². The van der Waals surface area contributed by atoms with E-state index < -0.39 is 0 Å². The number of benzene rings is 2. The van der Waals surface area contributed by atoms with Crippen LogP contribution in [-0.2, 0) is 12.8 Å². The lowest BCUT2D eigenvalue weighted by molar-refractivity contribution is 0.414. The smallest absolute Gasteiger partial charge is 0.118 e. The third-order valence-electron chi connectivity index (χ3n) is 3.76. The van der Waals surface area contributed by atoms with Crippen LogP contribution >= 0.6 is 0 Å². The van der Waals surface area contributed by atoms with Gasteiger partial charge in [-0.25, -0.2) is 0 Å². The summed E-state index contributed by atoms with van der Waals surface area (Å²) in [7, 11) is 1.70. The normalized spacial score (nSPS) is 12.1. The number of likely N-dealkylation sites (N-methyl/N-ethyl adjacent to an activating group) is 1. The van der Waals surface area contributed by atoms with Gasteiger partial charge in [0.2, 0.25) is 0 Å². The summed E-state index contributed by atoms with van der Waals surface area (Å²) in [5, 5.41) is 3.60. The van der Waals surface area contributed by atoms with E-state index in [0.717, 1.165) is 31.6 Å². The zero-order valence-electron chi connectivity index (χ0n) is 13.0. The summed E-state index contributed by atoms with van der Waals surface area (Å²) in [5.74, 6) is 0.919. The molecule has 0 saturated carbocycles. The molecule has 1 N–H and O–H groups in total. The van der Waals surface area contributed by atoms with Crippen molar-refractivity contribution < 1.29 is 4.74 Å². The van der Waals surface area contributed by atoms with E-state index in [-0.39, 0.29) is 0 Å². The van der Waals surface area contributed by atoms with Crippen LogP contribution in [0.2, 0.25) is 0 Å². The summed E-state index contributed by atoms with van der Waals surface area (Å²) in [4.78, 5) is 0. The topological polar surface area (TPSA) is 21.3 Å². The van der Waals surface area contributed by atoms with Gasteiger partial charge in [0.05, 0.1) is 7.11 Å². The molecule has 0 spiro atoms. The number of hydrogen-bond donors (Lipinski definition) is 1. The maximum atomic E-state index is 5.21. The Morgan fingerprint density at radius 1 is 0.952 bits per heavy atom. The second kappa shape index (κ2) is 8.48. The molecule has 2 heteroatoms. The first-order chi connectivity index (χ1) is 10.3. The molecule has 0 aliphatic carbocycles. The second-order valence-corrected chi connectivity index (χ2v) is 5.33. The molecular weight excluding hydrogens is 258 g/mol. The summed E-state index contributed by atoms with van der Waals surface area (Å²) >= 11 is 0. The zero-order chi connectivity index (χ0) is 14.9. The Labute approximate surface area is 128 Å². The highest BCUT2D eigenvalue weighted by atomic mass is 16.5. The summed E-state index contributed by atoms with van der Waals surface area (Å²) in [6.45, 7) is 3.18. The van der Waals surface area contributed by atoms with Crippen molar-refractivity contribution in [3.05, 3.63) is 65.7 Å². The Hall–Kier alpha value is -1.80. The van der Waals surface area contributed by atoms with Gasteiger partial charge < -0.3 is 10.1 Å². The third-order valence-corrected chi connectivity index (χ3v) is 3.76. The van der Waals surface area contributed by atoms with Crippen molar-refractivity contribution in [3.63, 3.8) is 0 Å². The van der Waals surface area contributed by atoms with E-state index in [0.29, 0.717) is 6.04 Å². The molecule has 0 aromatic heterocycles. The average molecular weight is 283 g/mol. The first-order valence-corrected chi connectivity index (χ1v) is 7.72. The van der Waals surface area contributed by atoms with Gasteiger partial charge in [0.25, 0.3) is 0 Å². The molecule has 1 unspecified atom stereocenters. The van der Waals surface area contributed by atoms with E-state index in [2.05, 4.69) is 54.7 Å². The van der Waals surface area contributed by atoms with Gasteiger partial charge in [0, 0.05) is 6.04 Å². The van der Waals surface area contributed by atoms with Crippen molar-refractivity contribution in [2.24, 2.45) is 0 Å². The predicted molar refractivity (Wildman–Crippen MR) is 88.9 cm³/mol. The lowest BCUT2D eigenvalue weighted by Gasteiger charge is -2.18. The minimum atomic E-state index is 0.517. The lowest BCUT2D eigenvalue weighted by Crippen LogP contribution is -2.31. The molecule has 0 aliphatic rings. The molecule has 0 saturated heterocycles. The molecule has 2 rings (SSSR count). The number of methoxy groups -OCH3 is 1. The van der Waals surface area contributed by atoms with Gasteiger partial charge >= 0.3 is 0 Å². The maximum absolute atomic E-state index is 5.21. The SMILES string of the molecule is CCNC(CCc1ccccc1)Cc1ccc(OC)cc1. The molecule has 112 valence electrons. The van der Waals surface area contributed by atoms with Gasteiger partial charge in [-0.1, -0.05) is 49.4 Å². The van der Waals surface area contributed by atoms with Crippen LogP contribution in [0.4, 0.5) is 0 Å². The summed E-state index contributed by atoms with van der Waals surface area (Å²) in [6.07, 6.45) is 3.34. The molecule has 2 aromatic rings. The lowest BCUT2D eigenvalue weighted by atomic mass is 9.99. The predicted octanol–water partition coefficient (Wildman–Crippen LogP) is 3.85. The van der Waals surface area contributed by atoms with Crippen LogP contribution in [0.1, 0.15) is 24.5 Å². The highest BCUT2D eigenvalue weighted by Gasteiger charge is 2.09. The largest absolute Gasteiger partial charge is 0.497 e. The monoisotopic (exact) mass is 283 g/mol. The van der Waals surface area contributed by atoms with Crippen LogP contribution in [0.15, 0.2) is 54.6 Å². The van der Waals surface area contributed by atoms with Crippen molar-refractivity contribution in [1.29, 1.82) is 0 Å². The Morgan fingerprint density at radius 3 is 2.29 bits per heavy atom. The quantitative estimate of drug-likeness (QED) is 0.794. The second-order valence-electron chi connectivity index (χ2n) is 5.33. The average Bonchev–Trinajstić information content (AvgIpc) is 2.54. The van der Waals surface area contributed by atoms with Gasteiger partial charge in [-0.2, -0.15) is 0 Å².